The number of benzene rings is 1. The molecule has 0 unspecified atom stereocenters. The first-order valence-corrected chi connectivity index (χ1v) is 10.2. The van der Waals surface area contributed by atoms with Crippen molar-refractivity contribution >= 4 is 28.5 Å². The highest BCUT2D eigenvalue weighted by atomic mass is 32.1. The standard InChI is InChI=1S/C20H19FN2S2/c21-19(17-14-25-20(22-17)18-7-4-12-24-18)16-8-10-23(11-9-16)13-15-5-2-1-3-6-15/h1-7,12,14H,8-11,13H2. The fourth-order valence-corrected chi connectivity index (χ4v) is 4.72. The number of likely N-dealkylation sites (tertiary alicyclic amines) is 1. The average molecular weight is 371 g/mol. The van der Waals surface area contributed by atoms with Crippen LogP contribution in [0.15, 0.2) is 58.8 Å². The highest BCUT2D eigenvalue weighted by molar-refractivity contribution is 7.20. The molecule has 0 spiro atoms. The van der Waals surface area contributed by atoms with Crippen LogP contribution in [0, 0.1) is 0 Å². The van der Waals surface area contributed by atoms with Crippen LogP contribution in [0.5, 0.6) is 0 Å². The Morgan fingerprint density at radius 1 is 1.04 bits per heavy atom. The zero-order valence-corrected chi connectivity index (χ0v) is 15.5. The van der Waals surface area contributed by atoms with Crippen molar-refractivity contribution in [1.29, 1.82) is 0 Å². The van der Waals surface area contributed by atoms with Gasteiger partial charge in [0.05, 0.1) is 4.88 Å². The van der Waals surface area contributed by atoms with Gasteiger partial charge in [0, 0.05) is 25.0 Å². The van der Waals surface area contributed by atoms with E-state index in [9.17, 15) is 4.39 Å². The van der Waals surface area contributed by atoms with Crippen LogP contribution in [-0.4, -0.2) is 23.0 Å². The number of aromatic nitrogens is 1. The van der Waals surface area contributed by atoms with E-state index in [0.29, 0.717) is 5.69 Å². The summed E-state index contributed by atoms with van der Waals surface area (Å²) in [7, 11) is 0. The molecule has 3 heterocycles. The lowest BCUT2D eigenvalue weighted by Crippen LogP contribution is -2.30. The highest BCUT2D eigenvalue weighted by Crippen LogP contribution is 2.33. The van der Waals surface area contributed by atoms with Gasteiger partial charge in [-0.25, -0.2) is 9.37 Å². The molecule has 1 aliphatic heterocycles. The van der Waals surface area contributed by atoms with Gasteiger partial charge in [0.25, 0.3) is 0 Å². The van der Waals surface area contributed by atoms with E-state index in [1.54, 1.807) is 11.3 Å². The zero-order valence-electron chi connectivity index (χ0n) is 13.8. The number of piperidine rings is 1. The summed E-state index contributed by atoms with van der Waals surface area (Å²) >= 11 is 3.16. The van der Waals surface area contributed by atoms with E-state index in [1.807, 2.05) is 29.0 Å². The molecule has 2 nitrogen and oxygen atoms in total. The molecule has 0 bridgehead atoms. The second-order valence-electron chi connectivity index (χ2n) is 6.19. The molecule has 4 rings (SSSR count). The lowest BCUT2D eigenvalue weighted by Gasteiger charge is -2.28. The molecule has 25 heavy (non-hydrogen) atoms. The number of hydrogen-bond donors (Lipinski definition) is 0. The van der Waals surface area contributed by atoms with Gasteiger partial charge >= 0.3 is 0 Å². The predicted octanol–water partition coefficient (Wildman–Crippen LogP) is 5.85. The first kappa shape index (κ1) is 16.6. The molecule has 0 atom stereocenters. The van der Waals surface area contributed by atoms with Crippen molar-refractivity contribution in [3.63, 3.8) is 0 Å². The van der Waals surface area contributed by atoms with E-state index >= 15 is 0 Å². The highest BCUT2D eigenvalue weighted by Gasteiger charge is 2.20. The number of thiophene rings is 1. The van der Waals surface area contributed by atoms with E-state index in [1.165, 1.54) is 16.9 Å². The number of nitrogens with zero attached hydrogens (tertiary/aromatic N) is 2. The van der Waals surface area contributed by atoms with Crippen molar-refractivity contribution in [2.75, 3.05) is 13.1 Å². The monoisotopic (exact) mass is 370 g/mol. The molecule has 3 aromatic rings. The molecule has 1 aliphatic rings. The largest absolute Gasteiger partial charge is 0.298 e. The van der Waals surface area contributed by atoms with Crippen LogP contribution in [-0.2, 0) is 6.54 Å². The van der Waals surface area contributed by atoms with Gasteiger partial charge in [-0.3, -0.25) is 4.90 Å². The van der Waals surface area contributed by atoms with Crippen LogP contribution in [0.3, 0.4) is 0 Å². The van der Waals surface area contributed by atoms with Crippen molar-refractivity contribution < 1.29 is 4.39 Å². The average Bonchev–Trinajstić information content (AvgIpc) is 3.34. The Labute approximate surface area is 155 Å². The lowest BCUT2D eigenvalue weighted by atomic mass is 10.0. The first-order chi connectivity index (χ1) is 12.3. The van der Waals surface area contributed by atoms with Crippen LogP contribution >= 0.6 is 22.7 Å². The van der Waals surface area contributed by atoms with E-state index < -0.39 is 0 Å². The van der Waals surface area contributed by atoms with Gasteiger partial charge < -0.3 is 0 Å². The summed E-state index contributed by atoms with van der Waals surface area (Å²) in [6.07, 6.45) is 1.56. The minimum atomic E-state index is -0.113. The molecule has 128 valence electrons. The van der Waals surface area contributed by atoms with Crippen molar-refractivity contribution in [2.24, 2.45) is 0 Å². The summed E-state index contributed by atoms with van der Waals surface area (Å²) in [6.45, 7) is 2.74. The fourth-order valence-electron chi connectivity index (χ4n) is 3.11. The maximum Gasteiger partial charge on any atom is 0.148 e. The Morgan fingerprint density at radius 2 is 1.84 bits per heavy atom. The van der Waals surface area contributed by atoms with Crippen molar-refractivity contribution in [3.05, 3.63) is 70.1 Å². The first-order valence-electron chi connectivity index (χ1n) is 8.43. The minimum Gasteiger partial charge on any atom is -0.298 e. The Bertz CT molecular complexity index is 843. The van der Waals surface area contributed by atoms with Gasteiger partial charge in [-0.1, -0.05) is 36.4 Å². The maximum absolute atomic E-state index is 14.8. The number of rotatable bonds is 4. The van der Waals surface area contributed by atoms with Crippen molar-refractivity contribution in [2.45, 2.75) is 19.4 Å². The SMILES string of the molecule is FC(=C1CCN(Cc2ccccc2)CC1)c1csc(-c2cccs2)n1. The molecule has 0 saturated carbocycles. The van der Waals surface area contributed by atoms with Gasteiger partial charge in [0.15, 0.2) is 0 Å². The molecule has 0 aliphatic carbocycles. The fraction of sp³-hybridized carbons (Fsp3) is 0.250. The Balaban J connectivity index is 1.42. The summed E-state index contributed by atoms with van der Waals surface area (Å²) in [6, 6.07) is 14.5. The van der Waals surface area contributed by atoms with Crippen LogP contribution in [0.4, 0.5) is 4.39 Å². The maximum atomic E-state index is 14.8. The van der Waals surface area contributed by atoms with Crippen LogP contribution < -0.4 is 0 Å². The second kappa shape index (κ2) is 7.60. The summed E-state index contributed by atoms with van der Waals surface area (Å²) in [4.78, 5) is 7.99. The van der Waals surface area contributed by atoms with Gasteiger partial charge in [-0.15, -0.1) is 22.7 Å². The van der Waals surface area contributed by atoms with Crippen LogP contribution in [0.2, 0.25) is 0 Å². The Morgan fingerprint density at radius 3 is 2.56 bits per heavy atom. The molecule has 5 heteroatoms. The van der Waals surface area contributed by atoms with Gasteiger partial charge in [-0.05, 0) is 35.4 Å². The summed E-state index contributed by atoms with van der Waals surface area (Å²) in [5.41, 5.74) is 2.72. The molecular weight excluding hydrogens is 351 g/mol. The summed E-state index contributed by atoms with van der Waals surface area (Å²) < 4.78 is 14.8. The van der Waals surface area contributed by atoms with Gasteiger partial charge in [-0.2, -0.15) is 0 Å². The van der Waals surface area contributed by atoms with E-state index in [2.05, 4.69) is 34.1 Å². The van der Waals surface area contributed by atoms with E-state index in [-0.39, 0.29) is 5.83 Å². The number of hydrogen-bond acceptors (Lipinski definition) is 4. The predicted molar refractivity (Wildman–Crippen MR) is 104 cm³/mol. The van der Waals surface area contributed by atoms with Crippen LogP contribution in [0.25, 0.3) is 15.7 Å². The third-order valence-corrected chi connectivity index (χ3v) is 6.36. The second-order valence-corrected chi connectivity index (χ2v) is 8.00. The molecular formula is C20H19FN2S2. The molecule has 2 aromatic heterocycles. The number of thiazole rings is 1. The molecule has 1 saturated heterocycles. The summed E-state index contributed by atoms with van der Waals surface area (Å²) in [5.74, 6) is -0.113. The van der Waals surface area contributed by atoms with Crippen molar-refractivity contribution in [3.8, 4) is 9.88 Å². The van der Waals surface area contributed by atoms with E-state index in [4.69, 9.17) is 0 Å². The molecule has 0 amide bonds. The molecule has 1 aromatic carbocycles. The van der Waals surface area contributed by atoms with Crippen LogP contribution in [0.1, 0.15) is 24.1 Å². The minimum absolute atomic E-state index is 0.113. The summed E-state index contributed by atoms with van der Waals surface area (Å²) in [5, 5.41) is 4.77. The topological polar surface area (TPSA) is 16.1 Å². The van der Waals surface area contributed by atoms with Gasteiger partial charge in [0.2, 0.25) is 0 Å². The normalized spacial score (nSPS) is 15.5. The quantitative estimate of drug-likeness (QED) is 0.573. The van der Waals surface area contributed by atoms with E-state index in [0.717, 1.165) is 47.9 Å². The van der Waals surface area contributed by atoms with Crippen molar-refractivity contribution in [1.82, 2.24) is 9.88 Å². The third-order valence-electron chi connectivity index (χ3n) is 4.48. The van der Waals surface area contributed by atoms with Gasteiger partial charge in [0.1, 0.15) is 16.5 Å². The lowest BCUT2D eigenvalue weighted by molar-refractivity contribution is 0.247. The Hall–Kier alpha value is -1.82. The molecule has 0 N–H and O–H groups in total. The Kier molecular flexibility index (Phi) is 5.06. The zero-order chi connectivity index (χ0) is 17.1. The number of halogens is 1. The molecule has 0 radical (unpaired) electrons. The third kappa shape index (κ3) is 3.89. The molecule has 1 fully saturated rings. The smallest absolute Gasteiger partial charge is 0.148 e.